The summed E-state index contributed by atoms with van der Waals surface area (Å²) in [7, 11) is 0. The molecule has 0 radical (unpaired) electrons. The van der Waals surface area contributed by atoms with Gasteiger partial charge >= 0.3 is 5.97 Å². The summed E-state index contributed by atoms with van der Waals surface area (Å²) >= 11 is 4.77. The number of benzene rings is 1. The molecule has 1 atom stereocenters. The molecule has 1 rings (SSSR count). The number of nitrogens with two attached hydrogens (primary N) is 1. The van der Waals surface area contributed by atoms with E-state index >= 15 is 0 Å². The van der Waals surface area contributed by atoms with Crippen LogP contribution >= 0.6 is 12.2 Å². The van der Waals surface area contributed by atoms with Crippen LogP contribution in [0.1, 0.15) is 36.5 Å². The van der Waals surface area contributed by atoms with Gasteiger partial charge in [0.2, 0.25) is 0 Å². The molecule has 1 aromatic carbocycles. The molecular weight excluding hydrogens is 248 g/mol. The van der Waals surface area contributed by atoms with Crippen molar-refractivity contribution >= 4 is 23.3 Å². The van der Waals surface area contributed by atoms with Crippen LogP contribution < -0.4 is 11.1 Å². The van der Waals surface area contributed by atoms with Gasteiger partial charge in [0.15, 0.2) is 11.3 Å². The molecule has 5 heteroatoms. The monoisotopic (exact) mass is 266 g/mol. The molecule has 0 heterocycles. The van der Waals surface area contributed by atoms with Gasteiger partial charge in [-0.2, -0.15) is 0 Å². The normalized spacial score (nSPS) is 11.6. The Morgan fingerprint density at radius 1 is 1.44 bits per heavy atom. The fourth-order valence-corrected chi connectivity index (χ4v) is 1.61. The van der Waals surface area contributed by atoms with E-state index in [2.05, 4.69) is 12.2 Å². The van der Waals surface area contributed by atoms with Gasteiger partial charge in [0.25, 0.3) is 0 Å². The Hall–Kier alpha value is -1.62. The molecule has 3 N–H and O–H groups in total. The van der Waals surface area contributed by atoms with Crippen LogP contribution in [0, 0.1) is 0 Å². The van der Waals surface area contributed by atoms with Gasteiger partial charge in [-0.25, -0.2) is 4.79 Å². The predicted octanol–water partition coefficient (Wildman–Crippen LogP) is 2.19. The third-order valence-electron chi connectivity index (χ3n) is 2.38. The van der Waals surface area contributed by atoms with Crippen molar-refractivity contribution < 1.29 is 9.53 Å². The minimum absolute atomic E-state index is 0.136. The van der Waals surface area contributed by atoms with Gasteiger partial charge in [-0.3, -0.25) is 0 Å². The summed E-state index contributed by atoms with van der Waals surface area (Å²) in [4.78, 5) is 11.9. The molecule has 0 aliphatic carbocycles. The van der Waals surface area contributed by atoms with Crippen LogP contribution in [0.15, 0.2) is 30.3 Å². The third-order valence-corrected chi connectivity index (χ3v) is 2.50. The zero-order valence-corrected chi connectivity index (χ0v) is 11.2. The Labute approximate surface area is 113 Å². The summed E-state index contributed by atoms with van der Waals surface area (Å²) in [5, 5.41) is 2.92. The maximum atomic E-state index is 11.9. The van der Waals surface area contributed by atoms with Crippen LogP contribution in [-0.4, -0.2) is 17.3 Å². The van der Waals surface area contributed by atoms with Gasteiger partial charge in [-0.1, -0.05) is 31.5 Å². The van der Waals surface area contributed by atoms with E-state index in [0.29, 0.717) is 12.0 Å². The van der Waals surface area contributed by atoms with E-state index in [4.69, 9.17) is 22.7 Å². The third kappa shape index (κ3) is 5.14. The maximum absolute atomic E-state index is 11.9. The lowest BCUT2D eigenvalue weighted by atomic mass is 10.2. The number of rotatable bonds is 6. The van der Waals surface area contributed by atoms with E-state index < -0.39 is 6.23 Å². The molecule has 0 spiro atoms. The fourth-order valence-electron chi connectivity index (χ4n) is 1.48. The molecule has 0 aliphatic rings. The highest BCUT2D eigenvalue weighted by molar-refractivity contribution is 7.80. The van der Waals surface area contributed by atoms with Gasteiger partial charge in [-0.15, -0.1) is 0 Å². The predicted molar refractivity (Wildman–Crippen MR) is 75.1 cm³/mol. The number of ether oxygens (including phenoxy) is 1. The van der Waals surface area contributed by atoms with Crippen molar-refractivity contribution in [2.45, 2.75) is 32.4 Å². The first kappa shape index (κ1) is 14.4. The minimum atomic E-state index is -0.463. The highest BCUT2D eigenvalue weighted by Gasteiger charge is 2.15. The highest BCUT2D eigenvalue weighted by Crippen LogP contribution is 2.07. The van der Waals surface area contributed by atoms with Gasteiger partial charge in [0, 0.05) is 6.42 Å². The number of unbranched alkanes of at least 4 members (excludes halogenated alkanes) is 1. The van der Waals surface area contributed by atoms with Crippen LogP contribution in [0.3, 0.4) is 0 Å². The smallest absolute Gasteiger partial charge is 0.340 e. The van der Waals surface area contributed by atoms with E-state index in [1.165, 1.54) is 0 Å². The molecule has 1 unspecified atom stereocenters. The number of thiocarbonyl (C=S) groups is 1. The number of esters is 1. The van der Waals surface area contributed by atoms with Crippen LogP contribution in [0.25, 0.3) is 0 Å². The second-order valence-electron chi connectivity index (χ2n) is 3.91. The molecular formula is C13H18N2O2S. The number of carbonyl (C=O) groups excluding carboxylic acids is 1. The lowest BCUT2D eigenvalue weighted by Crippen LogP contribution is -2.41. The first-order valence-electron chi connectivity index (χ1n) is 5.95. The van der Waals surface area contributed by atoms with E-state index in [9.17, 15) is 4.79 Å². The highest BCUT2D eigenvalue weighted by atomic mass is 32.1. The summed E-state index contributed by atoms with van der Waals surface area (Å²) in [6.45, 7) is 2.07. The summed E-state index contributed by atoms with van der Waals surface area (Å²) < 4.78 is 5.33. The molecule has 0 saturated heterocycles. The molecule has 1 aromatic rings. The minimum Gasteiger partial charge on any atom is -0.438 e. The summed E-state index contributed by atoms with van der Waals surface area (Å²) in [6, 6.07) is 8.84. The van der Waals surface area contributed by atoms with Gasteiger partial charge in [0.1, 0.15) is 0 Å². The van der Waals surface area contributed by atoms with E-state index in [1.54, 1.807) is 24.3 Å². The average molecular weight is 266 g/mol. The molecule has 0 bridgehead atoms. The van der Waals surface area contributed by atoms with Crippen molar-refractivity contribution in [1.82, 2.24) is 5.32 Å². The summed E-state index contributed by atoms with van der Waals surface area (Å²) in [5.74, 6) is -0.375. The van der Waals surface area contributed by atoms with Crippen LogP contribution in [0.4, 0.5) is 0 Å². The number of hydrogen-bond donors (Lipinski definition) is 2. The van der Waals surface area contributed by atoms with Gasteiger partial charge < -0.3 is 15.8 Å². The molecule has 0 aliphatic heterocycles. The van der Waals surface area contributed by atoms with E-state index in [-0.39, 0.29) is 11.1 Å². The zero-order valence-electron chi connectivity index (χ0n) is 10.4. The van der Waals surface area contributed by atoms with Gasteiger partial charge in [-0.05, 0) is 30.8 Å². The molecule has 4 nitrogen and oxygen atoms in total. The van der Waals surface area contributed by atoms with Crippen molar-refractivity contribution in [3.63, 3.8) is 0 Å². The molecule has 0 aromatic heterocycles. The summed E-state index contributed by atoms with van der Waals surface area (Å²) in [6.07, 6.45) is 2.17. The lowest BCUT2D eigenvalue weighted by molar-refractivity contribution is 0.0241. The Bertz CT molecular complexity index is 395. The molecule has 0 fully saturated rings. The number of carbonyl (C=O) groups is 1. The number of nitrogens with one attached hydrogen (secondary N) is 1. The maximum Gasteiger partial charge on any atom is 0.340 e. The Kier molecular flexibility index (Phi) is 6.14. The van der Waals surface area contributed by atoms with E-state index in [1.807, 2.05) is 6.07 Å². The summed E-state index contributed by atoms with van der Waals surface area (Å²) in [5.41, 5.74) is 5.93. The van der Waals surface area contributed by atoms with Crippen molar-refractivity contribution in [3.8, 4) is 0 Å². The van der Waals surface area contributed by atoms with Crippen LogP contribution in [0.2, 0.25) is 0 Å². The zero-order chi connectivity index (χ0) is 13.4. The fraction of sp³-hybridized carbons (Fsp3) is 0.385. The van der Waals surface area contributed by atoms with Gasteiger partial charge in [0.05, 0.1) is 5.56 Å². The second kappa shape index (κ2) is 7.66. The van der Waals surface area contributed by atoms with Crippen molar-refractivity contribution in [2.24, 2.45) is 5.73 Å². The standard InChI is InChI=1S/C13H18N2O2S/c1-2-3-9-11(15-13(14)18)17-12(16)10-7-5-4-6-8-10/h4-8,11H,2-3,9H2,1H3,(H3,14,15,18). The number of hydrogen-bond acceptors (Lipinski definition) is 3. The van der Waals surface area contributed by atoms with Crippen molar-refractivity contribution in [2.75, 3.05) is 0 Å². The molecule has 98 valence electrons. The second-order valence-corrected chi connectivity index (χ2v) is 4.35. The quantitative estimate of drug-likeness (QED) is 0.469. The largest absolute Gasteiger partial charge is 0.438 e. The Morgan fingerprint density at radius 3 is 2.67 bits per heavy atom. The van der Waals surface area contributed by atoms with Crippen molar-refractivity contribution in [1.29, 1.82) is 0 Å². The average Bonchev–Trinajstić information content (AvgIpc) is 2.36. The Balaban J connectivity index is 2.59. The first-order valence-corrected chi connectivity index (χ1v) is 6.36. The molecule has 0 amide bonds. The van der Waals surface area contributed by atoms with Crippen molar-refractivity contribution in [3.05, 3.63) is 35.9 Å². The SMILES string of the molecule is CCCCC(NC(N)=S)OC(=O)c1ccccc1. The van der Waals surface area contributed by atoms with Crippen LogP contribution in [0.5, 0.6) is 0 Å². The van der Waals surface area contributed by atoms with E-state index in [0.717, 1.165) is 12.8 Å². The first-order chi connectivity index (χ1) is 8.63. The lowest BCUT2D eigenvalue weighted by Gasteiger charge is -2.19. The molecule has 0 saturated carbocycles. The topological polar surface area (TPSA) is 64.3 Å². The van der Waals surface area contributed by atoms with Crippen LogP contribution in [-0.2, 0) is 4.74 Å². The Morgan fingerprint density at radius 2 is 2.11 bits per heavy atom. The molecule has 18 heavy (non-hydrogen) atoms.